The Labute approximate surface area is 135 Å². The van der Waals surface area contributed by atoms with Crippen molar-refractivity contribution in [3.05, 3.63) is 24.0 Å². The van der Waals surface area contributed by atoms with E-state index in [1.54, 1.807) is 0 Å². The fraction of sp³-hybridized carbons (Fsp3) is 0.737. The first-order chi connectivity index (χ1) is 10.8. The van der Waals surface area contributed by atoms with E-state index in [9.17, 15) is 4.79 Å². The molecule has 1 rings (SSSR count). The summed E-state index contributed by atoms with van der Waals surface area (Å²) in [6, 6.07) is 0. The number of allylic oxidation sites excluding steroid dienone is 3. The largest absolute Gasteiger partial charge is 0.483 e. The number of epoxide rings is 1. The fourth-order valence-electron chi connectivity index (χ4n) is 2.48. The van der Waals surface area contributed by atoms with Crippen LogP contribution >= 0.6 is 0 Å². The molecule has 0 aromatic heterocycles. The molecule has 0 unspecified atom stereocenters. The number of esters is 1. The van der Waals surface area contributed by atoms with E-state index in [2.05, 4.69) is 29.9 Å². The second-order valence-electron chi connectivity index (χ2n) is 5.98. The molecule has 3 nitrogen and oxygen atoms in total. The van der Waals surface area contributed by atoms with Crippen molar-refractivity contribution in [2.24, 2.45) is 0 Å². The molecule has 0 aromatic carbocycles. The first-order valence-corrected chi connectivity index (χ1v) is 8.88. The Morgan fingerprint density at radius 1 is 1.14 bits per heavy atom. The van der Waals surface area contributed by atoms with E-state index >= 15 is 0 Å². The predicted molar refractivity (Wildman–Crippen MR) is 90.6 cm³/mol. The quantitative estimate of drug-likeness (QED) is 0.263. The minimum atomic E-state index is -0.0936. The first-order valence-electron chi connectivity index (χ1n) is 8.88. The number of ether oxygens (including phenoxy) is 2. The number of hydrogen-bond donors (Lipinski definition) is 0. The third kappa shape index (κ3) is 9.64. The summed E-state index contributed by atoms with van der Waals surface area (Å²) in [5.74, 6) is 1.06. The number of rotatable bonds is 13. The molecule has 1 fully saturated rings. The average molecular weight is 308 g/mol. The Morgan fingerprint density at radius 3 is 2.68 bits per heavy atom. The molecule has 22 heavy (non-hydrogen) atoms. The van der Waals surface area contributed by atoms with E-state index in [-0.39, 0.29) is 5.97 Å². The number of hydrogen-bond acceptors (Lipinski definition) is 3. The third-order valence-electron chi connectivity index (χ3n) is 3.98. The van der Waals surface area contributed by atoms with Gasteiger partial charge in [-0.25, -0.2) is 0 Å². The maximum Gasteiger partial charge on any atom is 0.305 e. The Morgan fingerprint density at radius 2 is 1.91 bits per heavy atom. The molecule has 0 saturated carbocycles. The molecule has 0 aromatic rings. The molecule has 1 aliphatic heterocycles. The van der Waals surface area contributed by atoms with Crippen LogP contribution in [0.1, 0.15) is 77.6 Å². The first kappa shape index (κ1) is 18.8. The highest BCUT2D eigenvalue weighted by Crippen LogP contribution is 2.31. The molecule has 0 spiro atoms. The second kappa shape index (κ2) is 12.3. The average Bonchev–Trinajstić information content (AvgIpc) is 3.28. The minimum absolute atomic E-state index is 0.0936. The Bertz CT molecular complexity index is 358. The molecular formula is C19H32O3. The highest BCUT2D eigenvalue weighted by Gasteiger charge is 2.30. The van der Waals surface area contributed by atoms with E-state index in [1.807, 2.05) is 0 Å². The van der Waals surface area contributed by atoms with Crippen LogP contribution in [0.15, 0.2) is 24.0 Å². The molecule has 0 radical (unpaired) electrons. The lowest BCUT2D eigenvalue weighted by Crippen LogP contribution is -1.99. The Kier molecular flexibility index (Phi) is 10.5. The lowest BCUT2D eigenvalue weighted by molar-refractivity contribution is -0.140. The number of carbonyl (C=O) groups is 1. The summed E-state index contributed by atoms with van der Waals surface area (Å²) in [4.78, 5) is 10.9. The lowest BCUT2D eigenvalue weighted by Gasteiger charge is -2.00. The van der Waals surface area contributed by atoms with Crippen molar-refractivity contribution < 1.29 is 14.3 Å². The van der Waals surface area contributed by atoms with Crippen LogP contribution in [0.3, 0.4) is 0 Å². The molecular weight excluding hydrogens is 276 g/mol. The van der Waals surface area contributed by atoms with Crippen molar-refractivity contribution in [1.82, 2.24) is 0 Å². The van der Waals surface area contributed by atoms with Gasteiger partial charge in [0.05, 0.1) is 7.11 Å². The van der Waals surface area contributed by atoms with Gasteiger partial charge in [-0.15, -0.1) is 0 Å². The summed E-state index contributed by atoms with van der Waals surface area (Å²) >= 11 is 0. The lowest BCUT2D eigenvalue weighted by atomic mass is 10.1. The van der Waals surface area contributed by atoms with Gasteiger partial charge in [0.2, 0.25) is 0 Å². The topological polar surface area (TPSA) is 38.8 Å². The standard InChI is InChI=1S/C19H32O3/c1-3-4-5-6-8-11-14-17-18(22-17)15-12-9-7-10-13-16-19(20)21-2/h8,11,14,18H,3-7,9-10,12-13,15-16H2,1-2H3/b11-8-,17-14+/t18-/m0/s1. The van der Waals surface area contributed by atoms with Crippen LogP contribution in [0, 0.1) is 0 Å². The van der Waals surface area contributed by atoms with E-state index in [4.69, 9.17) is 4.74 Å². The minimum Gasteiger partial charge on any atom is -0.483 e. The molecule has 0 amide bonds. The summed E-state index contributed by atoms with van der Waals surface area (Å²) in [5, 5.41) is 0. The second-order valence-corrected chi connectivity index (χ2v) is 5.98. The van der Waals surface area contributed by atoms with Gasteiger partial charge in [-0.05, 0) is 38.2 Å². The zero-order valence-corrected chi connectivity index (χ0v) is 14.3. The van der Waals surface area contributed by atoms with Gasteiger partial charge in [-0.2, -0.15) is 0 Å². The van der Waals surface area contributed by atoms with Crippen molar-refractivity contribution in [2.75, 3.05) is 7.11 Å². The third-order valence-corrected chi connectivity index (χ3v) is 3.98. The van der Waals surface area contributed by atoms with Crippen molar-refractivity contribution in [3.8, 4) is 0 Å². The smallest absolute Gasteiger partial charge is 0.305 e. The van der Waals surface area contributed by atoms with Gasteiger partial charge in [0.1, 0.15) is 5.76 Å². The molecule has 3 heteroatoms. The molecule has 0 bridgehead atoms. The highest BCUT2D eigenvalue weighted by atomic mass is 16.6. The van der Waals surface area contributed by atoms with Crippen LogP contribution in [0.2, 0.25) is 0 Å². The van der Waals surface area contributed by atoms with Crippen LogP contribution in [0.5, 0.6) is 0 Å². The summed E-state index contributed by atoms with van der Waals surface area (Å²) in [7, 11) is 1.45. The molecule has 126 valence electrons. The van der Waals surface area contributed by atoms with Gasteiger partial charge in [-0.3, -0.25) is 4.79 Å². The van der Waals surface area contributed by atoms with Crippen molar-refractivity contribution in [2.45, 2.75) is 83.7 Å². The maximum atomic E-state index is 10.9. The number of methoxy groups -OCH3 is 1. The van der Waals surface area contributed by atoms with E-state index in [1.165, 1.54) is 52.1 Å². The van der Waals surface area contributed by atoms with E-state index < -0.39 is 0 Å². The molecule has 1 aliphatic rings. The Balaban J connectivity index is 1.90. The van der Waals surface area contributed by atoms with Gasteiger partial charge in [-0.1, -0.05) is 51.2 Å². The molecule has 1 atom stereocenters. The van der Waals surface area contributed by atoms with Gasteiger partial charge >= 0.3 is 5.97 Å². The summed E-state index contributed by atoms with van der Waals surface area (Å²) in [6.45, 7) is 2.23. The predicted octanol–water partition coefficient (Wildman–Crippen LogP) is 5.31. The van der Waals surface area contributed by atoms with Crippen LogP contribution in [-0.4, -0.2) is 19.2 Å². The van der Waals surface area contributed by atoms with E-state index in [0.717, 1.165) is 25.0 Å². The monoisotopic (exact) mass is 308 g/mol. The van der Waals surface area contributed by atoms with Crippen LogP contribution in [0.4, 0.5) is 0 Å². The van der Waals surface area contributed by atoms with Crippen LogP contribution in [-0.2, 0) is 14.3 Å². The van der Waals surface area contributed by atoms with E-state index in [0.29, 0.717) is 12.5 Å². The van der Waals surface area contributed by atoms with Gasteiger partial charge < -0.3 is 9.47 Å². The molecule has 0 aliphatic carbocycles. The van der Waals surface area contributed by atoms with Gasteiger partial charge in [0.15, 0.2) is 6.10 Å². The van der Waals surface area contributed by atoms with Crippen molar-refractivity contribution in [3.63, 3.8) is 0 Å². The number of unbranched alkanes of at least 4 members (excludes halogenated alkanes) is 7. The van der Waals surface area contributed by atoms with Crippen molar-refractivity contribution in [1.29, 1.82) is 0 Å². The normalized spacial score (nSPS) is 18.6. The van der Waals surface area contributed by atoms with Gasteiger partial charge in [0.25, 0.3) is 0 Å². The number of carbonyl (C=O) groups excluding carboxylic acids is 1. The maximum absolute atomic E-state index is 10.9. The van der Waals surface area contributed by atoms with Crippen molar-refractivity contribution >= 4 is 5.97 Å². The zero-order valence-electron chi connectivity index (χ0n) is 14.3. The highest BCUT2D eigenvalue weighted by molar-refractivity contribution is 5.68. The molecule has 1 saturated heterocycles. The summed E-state index contributed by atoms with van der Waals surface area (Å²) in [6.07, 6.45) is 19.3. The summed E-state index contributed by atoms with van der Waals surface area (Å²) in [5.41, 5.74) is 0. The summed E-state index contributed by atoms with van der Waals surface area (Å²) < 4.78 is 10.2. The van der Waals surface area contributed by atoms with Gasteiger partial charge in [0, 0.05) is 6.42 Å². The van der Waals surface area contributed by atoms with Crippen LogP contribution < -0.4 is 0 Å². The fourth-order valence-corrected chi connectivity index (χ4v) is 2.48. The SMILES string of the molecule is CCCCC/C=C\C=C1\O[C@H]1CCCCCCCC(=O)OC. The Hall–Kier alpha value is -1.25. The van der Waals surface area contributed by atoms with Crippen LogP contribution in [0.25, 0.3) is 0 Å². The molecule has 0 N–H and O–H groups in total. The molecule has 1 heterocycles. The zero-order chi connectivity index (χ0) is 16.0.